The van der Waals surface area contributed by atoms with Gasteiger partial charge in [-0.2, -0.15) is 8.78 Å². The van der Waals surface area contributed by atoms with Crippen molar-refractivity contribution in [3.63, 3.8) is 0 Å². The van der Waals surface area contributed by atoms with Crippen molar-refractivity contribution in [1.82, 2.24) is 0 Å². The summed E-state index contributed by atoms with van der Waals surface area (Å²) in [7, 11) is 0. The molecule has 2 aromatic rings. The normalized spacial score (nSPS) is 12.7. The molecule has 1 nitrogen and oxygen atoms in total. The molecule has 0 radical (unpaired) electrons. The molecular formula is C13H11ClF2OS. The van der Waals surface area contributed by atoms with Gasteiger partial charge in [0.2, 0.25) is 0 Å². The van der Waals surface area contributed by atoms with Gasteiger partial charge in [0.1, 0.15) is 5.75 Å². The third-order valence-corrected chi connectivity index (χ3v) is 3.73. The van der Waals surface area contributed by atoms with Gasteiger partial charge in [0.15, 0.2) is 0 Å². The lowest BCUT2D eigenvalue weighted by molar-refractivity contribution is -0.0498. The van der Waals surface area contributed by atoms with Gasteiger partial charge >= 0.3 is 6.61 Å². The van der Waals surface area contributed by atoms with Crippen molar-refractivity contribution < 1.29 is 13.5 Å². The zero-order valence-electron chi connectivity index (χ0n) is 9.35. The highest BCUT2D eigenvalue weighted by Crippen LogP contribution is 2.28. The topological polar surface area (TPSA) is 9.23 Å². The quantitative estimate of drug-likeness (QED) is 0.713. The molecule has 0 amide bonds. The van der Waals surface area contributed by atoms with E-state index in [-0.39, 0.29) is 11.1 Å². The second-order valence-electron chi connectivity index (χ2n) is 3.70. The van der Waals surface area contributed by atoms with E-state index in [0.29, 0.717) is 0 Å². The van der Waals surface area contributed by atoms with Gasteiger partial charge < -0.3 is 4.74 Å². The van der Waals surface area contributed by atoms with Crippen LogP contribution in [0.2, 0.25) is 0 Å². The van der Waals surface area contributed by atoms with Crippen molar-refractivity contribution >= 4 is 22.9 Å². The Bertz CT molecular complexity index is 470. The molecule has 0 aliphatic heterocycles. The molecule has 0 spiro atoms. The molecule has 0 fully saturated rings. The Balaban J connectivity index is 2.00. The number of benzene rings is 1. The molecule has 5 heteroatoms. The average molecular weight is 289 g/mol. The molecule has 0 saturated carbocycles. The van der Waals surface area contributed by atoms with Crippen molar-refractivity contribution in [2.24, 2.45) is 0 Å². The summed E-state index contributed by atoms with van der Waals surface area (Å²) in [5.74, 6) is 0.147. The van der Waals surface area contributed by atoms with Crippen molar-refractivity contribution in [2.45, 2.75) is 18.4 Å². The highest BCUT2D eigenvalue weighted by atomic mass is 35.5. The minimum absolute atomic E-state index is 0.147. The minimum Gasteiger partial charge on any atom is -0.435 e. The van der Waals surface area contributed by atoms with Crippen molar-refractivity contribution in [2.75, 3.05) is 0 Å². The van der Waals surface area contributed by atoms with Gasteiger partial charge in [-0.3, -0.25) is 0 Å². The Labute approximate surface area is 113 Å². The van der Waals surface area contributed by atoms with Crippen LogP contribution in [0.5, 0.6) is 5.75 Å². The van der Waals surface area contributed by atoms with Crippen LogP contribution in [0, 0.1) is 0 Å². The first kappa shape index (κ1) is 13.3. The molecule has 0 aliphatic carbocycles. The lowest BCUT2D eigenvalue weighted by Gasteiger charge is -2.10. The van der Waals surface area contributed by atoms with Crippen LogP contribution in [-0.2, 0) is 6.42 Å². The highest BCUT2D eigenvalue weighted by molar-refractivity contribution is 7.09. The molecule has 1 atom stereocenters. The lowest BCUT2D eigenvalue weighted by Crippen LogP contribution is -2.02. The number of ether oxygens (including phenoxy) is 1. The average Bonchev–Trinajstić information content (AvgIpc) is 2.82. The van der Waals surface area contributed by atoms with Crippen LogP contribution in [-0.4, -0.2) is 6.61 Å². The Morgan fingerprint density at radius 3 is 2.44 bits per heavy atom. The van der Waals surface area contributed by atoms with Gasteiger partial charge in [-0.1, -0.05) is 18.2 Å². The summed E-state index contributed by atoms with van der Waals surface area (Å²) >= 11 is 7.92. The van der Waals surface area contributed by atoms with Gasteiger partial charge in [-0.25, -0.2) is 0 Å². The molecule has 1 unspecified atom stereocenters. The number of halogens is 3. The number of rotatable bonds is 5. The maximum Gasteiger partial charge on any atom is 0.387 e. The predicted molar refractivity (Wildman–Crippen MR) is 69.7 cm³/mol. The molecular weight excluding hydrogens is 278 g/mol. The molecule has 18 heavy (non-hydrogen) atoms. The molecule has 1 aromatic carbocycles. The fourth-order valence-corrected chi connectivity index (χ4v) is 2.74. The Morgan fingerprint density at radius 1 is 1.17 bits per heavy atom. The smallest absolute Gasteiger partial charge is 0.387 e. The SMILES string of the molecule is FC(F)Oc1ccc(C(Cl)Cc2cccs2)cc1. The van der Waals surface area contributed by atoms with E-state index in [1.54, 1.807) is 23.5 Å². The Hall–Kier alpha value is -1.13. The zero-order valence-corrected chi connectivity index (χ0v) is 10.9. The van der Waals surface area contributed by atoms with Gasteiger partial charge in [-0.05, 0) is 29.1 Å². The number of hydrogen-bond acceptors (Lipinski definition) is 2. The van der Waals surface area contributed by atoms with Crippen molar-refractivity contribution in [3.8, 4) is 5.75 Å². The predicted octanol–water partition coefficient (Wildman–Crippen LogP) is 4.87. The summed E-state index contributed by atoms with van der Waals surface area (Å²) in [6.07, 6.45) is 0.730. The van der Waals surface area contributed by atoms with Gasteiger partial charge in [0.05, 0.1) is 5.38 Å². The van der Waals surface area contributed by atoms with Crippen LogP contribution >= 0.6 is 22.9 Å². The van der Waals surface area contributed by atoms with Crippen LogP contribution < -0.4 is 4.74 Å². The highest BCUT2D eigenvalue weighted by Gasteiger charge is 2.10. The van der Waals surface area contributed by atoms with E-state index >= 15 is 0 Å². The van der Waals surface area contributed by atoms with E-state index in [1.807, 2.05) is 17.5 Å². The first-order chi connectivity index (χ1) is 8.65. The summed E-state index contributed by atoms with van der Waals surface area (Å²) in [5, 5.41) is 1.84. The Morgan fingerprint density at radius 2 is 1.89 bits per heavy atom. The summed E-state index contributed by atoms with van der Waals surface area (Å²) in [6, 6.07) is 10.4. The third-order valence-electron chi connectivity index (χ3n) is 2.43. The van der Waals surface area contributed by atoms with E-state index in [9.17, 15) is 8.78 Å². The molecule has 0 N–H and O–H groups in total. The maximum absolute atomic E-state index is 12.0. The molecule has 1 aromatic heterocycles. The van der Waals surface area contributed by atoms with Crippen LogP contribution in [0.3, 0.4) is 0 Å². The monoisotopic (exact) mass is 288 g/mol. The maximum atomic E-state index is 12.0. The molecule has 2 rings (SSSR count). The molecule has 96 valence electrons. The van der Waals surface area contributed by atoms with Gasteiger partial charge in [0.25, 0.3) is 0 Å². The summed E-state index contributed by atoms with van der Waals surface area (Å²) in [4.78, 5) is 1.20. The van der Waals surface area contributed by atoms with Crippen LogP contribution in [0.1, 0.15) is 15.8 Å². The minimum atomic E-state index is -2.80. The molecule has 0 aliphatic rings. The standard InChI is InChI=1S/C13H11ClF2OS/c14-12(8-11-2-1-7-18-11)9-3-5-10(6-4-9)17-13(15)16/h1-7,12-13H,8H2. The first-order valence-corrected chi connectivity index (χ1v) is 6.68. The zero-order chi connectivity index (χ0) is 13.0. The van der Waals surface area contributed by atoms with Crippen molar-refractivity contribution in [3.05, 3.63) is 52.2 Å². The molecule has 1 heterocycles. The van der Waals surface area contributed by atoms with Crippen LogP contribution in [0.4, 0.5) is 8.78 Å². The number of alkyl halides is 3. The largest absolute Gasteiger partial charge is 0.435 e. The summed E-state index contributed by atoms with van der Waals surface area (Å²) in [6.45, 7) is -2.80. The lowest BCUT2D eigenvalue weighted by atomic mass is 10.1. The van der Waals surface area contributed by atoms with E-state index in [4.69, 9.17) is 11.6 Å². The van der Waals surface area contributed by atoms with Crippen LogP contribution in [0.15, 0.2) is 41.8 Å². The third kappa shape index (κ3) is 3.68. The number of hydrogen-bond donors (Lipinski definition) is 0. The molecule has 0 bridgehead atoms. The van der Waals surface area contributed by atoms with E-state index in [1.165, 1.54) is 17.0 Å². The van der Waals surface area contributed by atoms with Crippen LogP contribution in [0.25, 0.3) is 0 Å². The van der Waals surface area contributed by atoms with E-state index in [0.717, 1.165) is 12.0 Å². The fourth-order valence-electron chi connectivity index (χ4n) is 1.58. The Kier molecular flexibility index (Phi) is 4.55. The number of thiophene rings is 1. The van der Waals surface area contributed by atoms with E-state index < -0.39 is 6.61 Å². The van der Waals surface area contributed by atoms with Gasteiger partial charge in [0, 0.05) is 11.3 Å². The van der Waals surface area contributed by atoms with E-state index in [2.05, 4.69) is 4.74 Å². The second-order valence-corrected chi connectivity index (χ2v) is 5.26. The second kappa shape index (κ2) is 6.16. The van der Waals surface area contributed by atoms with Crippen molar-refractivity contribution in [1.29, 1.82) is 0 Å². The summed E-state index contributed by atoms with van der Waals surface area (Å²) in [5.41, 5.74) is 0.895. The first-order valence-electron chi connectivity index (χ1n) is 5.36. The van der Waals surface area contributed by atoms with Gasteiger partial charge in [-0.15, -0.1) is 22.9 Å². The summed E-state index contributed by atoms with van der Waals surface area (Å²) < 4.78 is 28.2. The fraction of sp³-hybridized carbons (Fsp3) is 0.231. The molecule has 0 saturated heterocycles.